The van der Waals surface area contributed by atoms with Gasteiger partial charge in [-0.3, -0.25) is 0 Å². The van der Waals surface area contributed by atoms with Crippen LogP contribution < -0.4 is 5.32 Å². The number of carboxylic acids is 1. The van der Waals surface area contributed by atoms with Gasteiger partial charge in [0.15, 0.2) is 0 Å². The summed E-state index contributed by atoms with van der Waals surface area (Å²) in [6.45, 7) is 0.793. The van der Waals surface area contributed by atoms with Crippen LogP contribution in [0.25, 0.3) is 0 Å². The van der Waals surface area contributed by atoms with Crippen molar-refractivity contribution in [2.45, 2.75) is 12.8 Å². The van der Waals surface area contributed by atoms with Gasteiger partial charge in [0.2, 0.25) is 0 Å². The number of aryl methyl sites for hydroxylation is 1. The van der Waals surface area contributed by atoms with Gasteiger partial charge in [0.05, 0.1) is 16.3 Å². The monoisotopic (exact) mass is 289 g/mol. The Hall–Kier alpha value is -2.00. The lowest BCUT2D eigenvalue weighted by Gasteiger charge is -2.09. The molecule has 0 aliphatic rings. The molecule has 0 saturated heterocycles. The highest BCUT2D eigenvalue weighted by Gasteiger charge is 2.06. The third kappa shape index (κ3) is 4.00. The Morgan fingerprint density at radius 2 is 1.90 bits per heavy atom. The molecule has 0 radical (unpaired) electrons. The minimum atomic E-state index is -0.970. The van der Waals surface area contributed by atoms with Gasteiger partial charge in [0.1, 0.15) is 0 Å². The van der Waals surface area contributed by atoms with Crippen LogP contribution in [-0.2, 0) is 6.42 Å². The maximum atomic E-state index is 10.8. The molecule has 2 aromatic rings. The third-order valence-electron chi connectivity index (χ3n) is 3.02. The molecular weight excluding hydrogens is 274 g/mol. The molecular formula is C16H16ClNO2. The standard InChI is InChI=1S/C16H16ClNO2/c17-14-11-13(16(19)20)8-9-15(14)18-10-4-7-12-5-2-1-3-6-12/h1-3,5-6,8-9,11,18H,4,7,10H2,(H,19,20). The molecule has 0 bridgehead atoms. The summed E-state index contributed by atoms with van der Waals surface area (Å²) in [6, 6.07) is 15.0. The van der Waals surface area contributed by atoms with Crippen LogP contribution in [0.2, 0.25) is 5.02 Å². The summed E-state index contributed by atoms with van der Waals surface area (Å²) in [4.78, 5) is 10.8. The number of carboxylic acid groups (broad SMARTS) is 1. The Bertz CT molecular complexity index is 584. The van der Waals surface area contributed by atoms with Crippen LogP contribution in [0.15, 0.2) is 48.5 Å². The van der Waals surface area contributed by atoms with E-state index in [1.807, 2.05) is 18.2 Å². The first-order chi connectivity index (χ1) is 9.66. The van der Waals surface area contributed by atoms with Crippen LogP contribution in [-0.4, -0.2) is 17.6 Å². The van der Waals surface area contributed by atoms with Gasteiger partial charge in [-0.15, -0.1) is 0 Å². The molecule has 2 aromatic carbocycles. The normalized spacial score (nSPS) is 10.2. The van der Waals surface area contributed by atoms with Crippen LogP contribution in [0.5, 0.6) is 0 Å². The average Bonchev–Trinajstić information content (AvgIpc) is 2.46. The summed E-state index contributed by atoms with van der Waals surface area (Å²) in [7, 11) is 0. The zero-order valence-electron chi connectivity index (χ0n) is 11.0. The lowest BCUT2D eigenvalue weighted by molar-refractivity contribution is 0.0697. The topological polar surface area (TPSA) is 49.3 Å². The Morgan fingerprint density at radius 3 is 2.55 bits per heavy atom. The van der Waals surface area contributed by atoms with E-state index in [0.29, 0.717) is 5.02 Å². The summed E-state index contributed by atoms with van der Waals surface area (Å²) in [5, 5.41) is 12.5. The third-order valence-corrected chi connectivity index (χ3v) is 3.33. The van der Waals surface area contributed by atoms with Crippen molar-refractivity contribution in [3.8, 4) is 0 Å². The van der Waals surface area contributed by atoms with Crippen molar-refractivity contribution in [1.82, 2.24) is 0 Å². The number of anilines is 1. The Morgan fingerprint density at radius 1 is 1.15 bits per heavy atom. The van der Waals surface area contributed by atoms with E-state index in [-0.39, 0.29) is 5.56 Å². The molecule has 4 heteroatoms. The highest BCUT2D eigenvalue weighted by Crippen LogP contribution is 2.23. The first-order valence-electron chi connectivity index (χ1n) is 6.47. The summed E-state index contributed by atoms with van der Waals surface area (Å²) >= 11 is 6.04. The fourth-order valence-electron chi connectivity index (χ4n) is 1.95. The van der Waals surface area contributed by atoms with E-state index in [2.05, 4.69) is 17.4 Å². The van der Waals surface area contributed by atoms with Crippen molar-refractivity contribution in [2.75, 3.05) is 11.9 Å². The highest BCUT2D eigenvalue weighted by molar-refractivity contribution is 6.33. The number of aromatic carboxylic acids is 1. The molecule has 0 fully saturated rings. The number of rotatable bonds is 6. The first kappa shape index (κ1) is 14.4. The summed E-state index contributed by atoms with van der Waals surface area (Å²) < 4.78 is 0. The van der Waals surface area contributed by atoms with E-state index in [0.717, 1.165) is 25.1 Å². The minimum Gasteiger partial charge on any atom is -0.478 e. The molecule has 3 nitrogen and oxygen atoms in total. The molecule has 20 heavy (non-hydrogen) atoms. The van der Waals surface area contributed by atoms with Gasteiger partial charge in [-0.05, 0) is 36.6 Å². The lowest BCUT2D eigenvalue weighted by Crippen LogP contribution is -2.04. The molecule has 0 heterocycles. The number of hydrogen-bond donors (Lipinski definition) is 2. The van der Waals surface area contributed by atoms with Crippen LogP contribution in [0, 0.1) is 0 Å². The quantitative estimate of drug-likeness (QED) is 0.788. The zero-order valence-corrected chi connectivity index (χ0v) is 11.7. The van der Waals surface area contributed by atoms with Gasteiger partial charge < -0.3 is 10.4 Å². The van der Waals surface area contributed by atoms with Gasteiger partial charge in [0, 0.05) is 6.54 Å². The molecule has 0 aromatic heterocycles. The summed E-state index contributed by atoms with van der Waals surface area (Å²) in [6.07, 6.45) is 1.99. The van der Waals surface area contributed by atoms with Crippen molar-refractivity contribution >= 4 is 23.3 Å². The maximum absolute atomic E-state index is 10.8. The second kappa shape index (κ2) is 6.96. The molecule has 0 amide bonds. The van der Waals surface area contributed by atoms with E-state index in [1.54, 1.807) is 12.1 Å². The number of benzene rings is 2. The number of carbonyl (C=O) groups is 1. The fourth-order valence-corrected chi connectivity index (χ4v) is 2.20. The summed E-state index contributed by atoms with van der Waals surface area (Å²) in [5.74, 6) is -0.970. The second-order valence-corrected chi connectivity index (χ2v) is 4.92. The molecule has 0 aliphatic heterocycles. The van der Waals surface area contributed by atoms with Crippen LogP contribution >= 0.6 is 11.6 Å². The highest BCUT2D eigenvalue weighted by atomic mass is 35.5. The van der Waals surface area contributed by atoms with E-state index in [4.69, 9.17) is 16.7 Å². The smallest absolute Gasteiger partial charge is 0.335 e. The molecule has 0 atom stereocenters. The maximum Gasteiger partial charge on any atom is 0.335 e. The van der Waals surface area contributed by atoms with Crippen molar-refractivity contribution in [2.24, 2.45) is 0 Å². The Balaban J connectivity index is 1.84. The molecule has 0 saturated carbocycles. The number of halogens is 1. The zero-order chi connectivity index (χ0) is 14.4. The van der Waals surface area contributed by atoms with Gasteiger partial charge >= 0.3 is 5.97 Å². The van der Waals surface area contributed by atoms with Crippen LogP contribution in [0.4, 0.5) is 5.69 Å². The minimum absolute atomic E-state index is 0.199. The van der Waals surface area contributed by atoms with Gasteiger partial charge in [-0.1, -0.05) is 41.9 Å². The molecule has 104 valence electrons. The molecule has 2 rings (SSSR count). The fraction of sp³-hybridized carbons (Fsp3) is 0.188. The van der Waals surface area contributed by atoms with Crippen LogP contribution in [0.3, 0.4) is 0 Å². The molecule has 2 N–H and O–H groups in total. The molecule has 0 spiro atoms. The van der Waals surface area contributed by atoms with Crippen molar-refractivity contribution in [3.05, 3.63) is 64.7 Å². The predicted octanol–water partition coefficient (Wildman–Crippen LogP) is 4.08. The van der Waals surface area contributed by atoms with E-state index < -0.39 is 5.97 Å². The first-order valence-corrected chi connectivity index (χ1v) is 6.85. The Kier molecular flexibility index (Phi) is 5.02. The number of nitrogens with one attached hydrogen (secondary N) is 1. The number of hydrogen-bond acceptors (Lipinski definition) is 2. The summed E-state index contributed by atoms with van der Waals surface area (Å²) in [5.41, 5.74) is 2.27. The van der Waals surface area contributed by atoms with Gasteiger partial charge in [-0.2, -0.15) is 0 Å². The lowest BCUT2D eigenvalue weighted by atomic mass is 10.1. The molecule has 0 unspecified atom stereocenters. The van der Waals surface area contributed by atoms with E-state index in [1.165, 1.54) is 11.6 Å². The van der Waals surface area contributed by atoms with E-state index >= 15 is 0 Å². The second-order valence-electron chi connectivity index (χ2n) is 4.52. The van der Waals surface area contributed by atoms with Crippen molar-refractivity contribution < 1.29 is 9.90 Å². The van der Waals surface area contributed by atoms with Crippen molar-refractivity contribution in [3.63, 3.8) is 0 Å². The predicted molar refractivity (Wildman–Crippen MR) is 81.7 cm³/mol. The SMILES string of the molecule is O=C(O)c1ccc(NCCCc2ccccc2)c(Cl)c1. The van der Waals surface area contributed by atoms with E-state index in [9.17, 15) is 4.79 Å². The largest absolute Gasteiger partial charge is 0.478 e. The Labute approximate surface area is 123 Å². The van der Waals surface area contributed by atoms with Crippen molar-refractivity contribution in [1.29, 1.82) is 0 Å². The van der Waals surface area contributed by atoms with Gasteiger partial charge in [0.25, 0.3) is 0 Å². The molecule has 0 aliphatic carbocycles. The average molecular weight is 290 g/mol. The van der Waals surface area contributed by atoms with Gasteiger partial charge in [-0.25, -0.2) is 4.79 Å². The van der Waals surface area contributed by atoms with Crippen LogP contribution in [0.1, 0.15) is 22.3 Å².